The Kier molecular flexibility index (Phi) is 3.01. The predicted octanol–water partition coefficient (Wildman–Crippen LogP) is 3.72. The molecule has 0 bridgehead atoms. The Morgan fingerprint density at radius 2 is 2.00 bits per heavy atom. The van der Waals surface area contributed by atoms with Crippen LogP contribution < -0.4 is 5.32 Å². The van der Waals surface area contributed by atoms with Crippen molar-refractivity contribution in [1.82, 2.24) is 5.32 Å². The topological polar surface area (TPSA) is 25.2 Å². The minimum absolute atomic E-state index is 0.275. The fraction of sp³-hybridized carbons (Fsp3) is 0.429. The molecule has 1 aromatic heterocycles. The molecule has 2 aromatic rings. The van der Waals surface area contributed by atoms with Crippen molar-refractivity contribution >= 4 is 11.0 Å². The molecule has 0 saturated carbocycles. The summed E-state index contributed by atoms with van der Waals surface area (Å²) in [7, 11) is 0. The highest BCUT2D eigenvalue weighted by Gasteiger charge is 2.11. The van der Waals surface area contributed by atoms with E-state index < -0.39 is 0 Å². The number of hydrogen-bond donors (Lipinski definition) is 1. The first-order chi connectivity index (χ1) is 7.61. The van der Waals surface area contributed by atoms with Crippen LogP contribution in [0.25, 0.3) is 11.0 Å². The van der Waals surface area contributed by atoms with E-state index in [0.717, 1.165) is 17.9 Å². The van der Waals surface area contributed by atoms with Crippen LogP contribution >= 0.6 is 0 Å². The van der Waals surface area contributed by atoms with Crippen LogP contribution in [0.1, 0.15) is 36.8 Å². The zero-order valence-corrected chi connectivity index (χ0v) is 10.4. The zero-order chi connectivity index (χ0) is 11.7. The molecule has 2 rings (SSSR count). The van der Waals surface area contributed by atoms with Crippen molar-refractivity contribution < 1.29 is 4.42 Å². The molecule has 1 heterocycles. The van der Waals surface area contributed by atoms with Crippen LogP contribution in [-0.4, -0.2) is 6.54 Å². The van der Waals surface area contributed by atoms with Gasteiger partial charge in [-0.25, -0.2) is 0 Å². The van der Waals surface area contributed by atoms with Crippen molar-refractivity contribution in [2.45, 2.75) is 33.7 Å². The van der Waals surface area contributed by atoms with Crippen LogP contribution in [0.15, 0.2) is 22.6 Å². The summed E-state index contributed by atoms with van der Waals surface area (Å²) in [4.78, 5) is 0. The van der Waals surface area contributed by atoms with Gasteiger partial charge in [-0.1, -0.05) is 13.0 Å². The van der Waals surface area contributed by atoms with Gasteiger partial charge in [0.2, 0.25) is 0 Å². The number of benzene rings is 1. The lowest BCUT2D eigenvalue weighted by molar-refractivity contribution is 0.459. The van der Waals surface area contributed by atoms with Gasteiger partial charge in [0.05, 0.1) is 6.04 Å². The molecule has 2 heteroatoms. The molecule has 0 fully saturated rings. The van der Waals surface area contributed by atoms with Gasteiger partial charge in [-0.3, -0.25) is 0 Å². The van der Waals surface area contributed by atoms with Crippen LogP contribution in [0.2, 0.25) is 0 Å². The van der Waals surface area contributed by atoms with Gasteiger partial charge in [-0.05, 0) is 50.6 Å². The van der Waals surface area contributed by atoms with Gasteiger partial charge < -0.3 is 9.73 Å². The van der Waals surface area contributed by atoms with Gasteiger partial charge in [0.25, 0.3) is 0 Å². The van der Waals surface area contributed by atoms with Crippen molar-refractivity contribution in [3.8, 4) is 0 Å². The standard InChI is InChI=1S/C14H19NO/c1-5-15-11(4)13-8-12-10(3)6-9(2)7-14(12)16-13/h6-8,11,15H,5H2,1-4H3. The molecule has 0 amide bonds. The lowest BCUT2D eigenvalue weighted by atomic mass is 10.1. The maximum atomic E-state index is 5.88. The zero-order valence-electron chi connectivity index (χ0n) is 10.4. The largest absolute Gasteiger partial charge is 0.459 e. The van der Waals surface area contributed by atoms with Crippen molar-refractivity contribution in [2.75, 3.05) is 6.54 Å². The molecule has 1 atom stereocenters. The van der Waals surface area contributed by atoms with Crippen LogP contribution in [0.3, 0.4) is 0 Å². The third-order valence-corrected chi connectivity index (χ3v) is 2.94. The molecular weight excluding hydrogens is 198 g/mol. The average molecular weight is 217 g/mol. The third kappa shape index (κ3) is 1.98. The minimum Gasteiger partial charge on any atom is -0.459 e. The van der Waals surface area contributed by atoms with E-state index in [9.17, 15) is 0 Å². The minimum atomic E-state index is 0.275. The number of rotatable bonds is 3. The van der Waals surface area contributed by atoms with Crippen molar-refractivity contribution in [1.29, 1.82) is 0 Å². The molecule has 0 aliphatic carbocycles. The molecule has 1 aromatic carbocycles. The Morgan fingerprint density at radius 1 is 1.25 bits per heavy atom. The quantitative estimate of drug-likeness (QED) is 0.847. The van der Waals surface area contributed by atoms with Crippen molar-refractivity contribution in [2.24, 2.45) is 0 Å². The number of aryl methyl sites for hydroxylation is 2. The van der Waals surface area contributed by atoms with Gasteiger partial charge in [-0.15, -0.1) is 0 Å². The van der Waals surface area contributed by atoms with Gasteiger partial charge in [0.15, 0.2) is 0 Å². The second-order valence-corrected chi connectivity index (χ2v) is 4.42. The third-order valence-electron chi connectivity index (χ3n) is 2.94. The summed E-state index contributed by atoms with van der Waals surface area (Å²) in [6.45, 7) is 9.42. The van der Waals surface area contributed by atoms with Crippen molar-refractivity contribution in [3.05, 3.63) is 35.1 Å². The average Bonchev–Trinajstić information content (AvgIpc) is 2.62. The SMILES string of the molecule is CCNC(C)c1cc2c(C)cc(C)cc2o1. The van der Waals surface area contributed by atoms with Gasteiger partial charge >= 0.3 is 0 Å². The van der Waals surface area contributed by atoms with E-state index in [1.54, 1.807) is 0 Å². The Balaban J connectivity index is 2.47. The predicted molar refractivity (Wildman–Crippen MR) is 67.8 cm³/mol. The molecular formula is C14H19NO. The summed E-state index contributed by atoms with van der Waals surface area (Å²) in [5.74, 6) is 1.02. The molecule has 0 spiro atoms. The molecule has 1 N–H and O–H groups in total. The highest BCUT2D eigenvalue weighted by Crippen LogP contribution is 2.27. The van der Waals surface area contributed by atoms with Gasteiger partial charge in [-0.2, -0.15) is 0 Å². The Morgan fingerprint density at radius 3 is 2.69 bits per heavy atom. The summed E-state index contributed by atoms with van der Waals surface area (Å²) in [5.41, 5.74) is 3.54. The highest BCUT2D eigenvalue weighted by molar-refractivity contribution is 5.82. The van der Waals surface area contributed by atoms with E-state index in [0.29, 0.717) is 0 Å². The Labute approximate surface area is 96.6 Å². The fourth-order valence-corrected chi connectivity index (χ4v) is 2.13. The first-order valence-electron chi connectivity index (χ1n) is 5.86. The second-order valence-electron chi connectivity index (χ2n) is 4.42. The fourth-order valence-electron chi connectivity index (χ4n) is 2.13. The van der Waals surface area contributed by atoms with Crippen LogP contribution in [0.4, 0.5) is 0 Å². The number of fused-ring (bicyclic) bond motifs is 1. The molecule has 0 aliphatic heterocycles. The van der Waals surface area contributed by atoms with E-state index >= 15 is 0 Å². The smallest absolute Gasteiger partial charge is 0.134 e. The lowest BCUT2D eigenvalue weighted by Crippen LogP contribution is -2.16. The maximum Gasteiger partial charge on any atom is 0.134 e. The highest BCUT2D eigenvalue weighted by atomic mass is 16.3. The van der Waals surface area contributed by atoms with E-state index in [4.69, 9.17) is 4.42 Å². The molecule has 0 radical (unpaired) electrons. The summed E-state index contributed by atoms with van der Waals surface area (Å²) >= 11 is 0. The Hall–Kier alpha value is -1.28. The van der Waals surface area contributed by atoms with Crippen LogP contribution in [0.5, 0.6) is 0 Å². The normalized spacial score (nSPS) is 13.2. The van der Waals surface area contributed by atoms with Gasteiger partial charge in [0, 0.05) is 5.39 Å². The van der Waals surface area contributed by atoms with Crippen LogP contribution in [0, 0.1) is 13.8 Å². The summed E-state index contributed by atoms with van der Waals surface area (Å²) in [6.07, 6.45) is 0. The summed E-state index contributed by atoms with van der Waals surface area (Å²) in [5, 5.41) is 4.59. The molecule has 86 valence electrons. The molecule has 1 unspecified atom stereocenters. The lowest BCUT2D eigenvalue weighted by Gasteiger charge is -2.07. The van der Waals surface area contributed by atoms with Gasteiger partial charge in [0.1, 0.15) is 11.3 Å². The second kappa shape index (κ2) is 4.30. The van der Waals surface area contributed by atoms with Crippen molar-refractivity contribution in [3.63, 3.8) is 0 Å². The Bertz CT molecular complexity index is 499. The first kappa shape index (κ1) is 11.2. The molecule has 0 aliphatic rings. The maximum absolute atomic E-state index is 5.88. The number of nitrogens with one attached hydrogen (secondary N) is 1. The van der Waals surface area contributed by atoms with E-state index in [2.05, 4.69) is 51.2 Å². The van der Waals surface area contributed by atoms with E-state index in [1.807, 2.05) is 0 Å². The van der Waals surface area contributed by atoms with E-state index in [1.165, 1.54) is 16.5 Å². The molecule has 2 nitrogen and oxygen atoms in total. The van der Waals surface area contributed by atoms with Crippen LogP contribution in [-0.2, 0) is 0 Å². The monoisotopic (exact) mass is 217 g/mol. The first-order valence-corrected chi connectivity index (χ1v) is 5.86. The summed E-state index contributed by atoms with van der Waals surface area (Å²) in [6, 6.07) is 6.72. The number of furan rings is 1. The summed E-state index contributed by atoms with van der Waals surface area (Å²) < 4.78 is 5.88. The number of hydrogen-bond acceptors (Lipinski definition) is 2. The molecule has 0 saturated heterocycles. The van der Waals surface area contributed by atoms with E-state index in [-0.39, 0.29) is 6.04 Å². The molecule has 16 heavy (non-hydrogen) atoms.